The van der Waals surface area contributed by atoms with E-state index in [1.54, 1.807) is 30.3 Å². The van der Waals surface area contributed by atoms with Gasteiger partial charge in [0.25, 0.3) is 10.0 Å². The van der Waals surface area contributed by atoms with E-state index in [1.807, 2.05) is 13.8 Å². The number of hydrogen-bond donors (Lipinski definition) is 1. The lowest BCUT2D eigenvalue weighted by Crippen LogP contribution is -2.13. The number of benzene rings is 1. The summed E-state index contributed by atoms with van der Waals surface area (Å²) in [4.78, 5) is 4.28. The first kappa shape index (κ1) is 14.0. The predicted octanol–water partition coefficient (Wildman–Crippen LogP) is 3.26. The van der Waals surface area contributed by atoms with Crippen LogP contribution in [-0.4, -0.2) is 13.4 Å². The highest BCUT2D eigenvalue weighted by Gasteiger charge is 2.15. The lowest BCUT2D eigenvalue weighted by Gasteiger charge is -2.09. The summed E-state index contributed by atoms with van der Waals surface area (Å²) in [5, 5.41) is 0. The topological polar surface area (TPSA) is 59.1 Å². The number of rotatable bonds is 3. The first-order chi connectivity index (χ1) is 8.88. The Bertz CT molecular complexity index is 697. The Labute approximate surface area is 121 Å². The Morgan fingerprint density at radius 2 is 1.89 bits per heavy atom. The highest BCUT2D eigenvalue weighted by atomic mass is 79.9. The third-order valence-corrected chi connectivity index (χ3v) is 4.87. The molecular weight excluding hydrogens is 328 g/mol. The van der Waals surface area contributed by atoms with Crippen molar-refractivity contribution in [3.63, 3.8) is 0 Å². The molecule has 100 valence electrons. The molecule has 2 rings (SSSR count). The fourth-order valence-electron chi connectivity index (χ4n) is 1.53. The highest BCUT2D eigenvalue weighted by molar-refractivity contribution is 9.10. The third kappa shape index (κ3) is 3.33. The fraction of sp³-hybridized carbons (Fsp3) is 0.154. The third-order valence-electron chi connectivity index (χ3n) is 2.60. The molecule has 0 saturated heterocycles. The van der Waals surface area contributed by atoms with Gasteiger partial charge in [0.2, 0.25) is 0 Å². The van der Waals surface area contributed by atoms with Crippen LogP contribution in [0.15, 0.2) is 45.9 Å². The van der Waals surface area contributed by atoms with Crippen LogP contribution in [0.1, 0.15) is 11.3 Å². The van der Waals surface area contributed by atoms with Gasteiger partial charge in [-0.1, -0.05) is 15.9 Å². The Morgan fingerprint density at radius 1 is 1.16 bits per heavy atom. The van der Waals surface area contributed by atoms with Gasteiger partial charge >= 0.3 is 0 Å². The zero-order valence-electron chi connectivity index (χ0n) is 10.5. The summed E-state index contributed by atoms with van der Waals surface area (Å²) in [6, 6.07) is 8.34. The largest absolute Gasteiger partial charge is 0.278 e. The van der Waals surface area contributed by atoms with E-state index in [4.69, 9.17) is 0 Å². The van der Waals surface area contributed by atoms with Crippen molar-refractivity contribution in [3.05, 3.63) is 52.3 Å². The maximum atomic E-state index is 12.2. The zero-order chi connectivity index (χ0) is 14.0. The molecule has 0 aliphatic carbocycles. The summed E-state index contributed by atoms with van der Waals surface area (Å²) in [7, 11) is -3.58. The molecule has 0 unspecified atom stereocenters. The number of sulfonamides is 1. The lowest BCUT2D eigenvalue weighted by atomic mass is 10.2. The van der Waals surface area contributed by atoms with Crippen molar-refractivity contribution in [2.24, 2.45) is 0 Å². The van der Waals surface area contributed by atoms with Gasteiger partial charge in [0.15, 0.2) is 0 Å². The van der Waals surface area contributed by atoms with Gasteiger partial charge in [0.05, 0.1) is 16.8 Å². The second-order valence-corrected chi connectivity index (χ2v) is 6.74. The van der Waals surface area contributed by atoms with Crippen LogP contribution in [0, 0.1) is 13.8 Å². The standard InChI is InChI=1S/C13H13BrN2O2S/c1-9-7-12(5-6-13(9)14)19(17,18)16-11-4-3-10(2)15-8-11/h3-8,16H,1-2H3. The second kappa shape index (κ2) is 5.30. The fourth-order valence-corrected chi connectivity index (χ4v) is 2.90. The molecule has 0 radical (unpaired) electrons. The van der Waals surface area contributed by atoms with E-state index < -0.39 is 10.0 Å². The number of pyridine rings is 1. The van der Waals surface area contributed by atoms with Crippen LogP contribution in [-0.2, 0) is 10.0 Å². The van der Waals surface area contributed by atoms with Crippen molar-refractivity contribution < 1.29 is 8.42 Å². The van der Waals surface area contributed by atoms with Crippen molar-refractivity contribution in [2.75, 3.05) is 4.72 Å². The molecule has 0 fully saturated rings. The summed E-state index contributed by atoms with van der Waals surface area (Å²) in [6.45, 7) is 3.69. The maximum absolute atomic E-state index is 12.2. The van der Waals surface area contributed by atoms with Gasteiger partial charge in [-0.05, 0) is 49.7 Å². The monoisotopic (exact) mass is 340 g/mol. The molecule has 0 aliphatic heterocycles. The number of nitrogens with zero attached hydrogens (tertiary/aromatic N) is 1. The molecular formula is C13H13BrN2O2S. The van der Waals surface area contributed by atoms with Crippen LogP contribution in [0.5, 0.6) is 0 Å². The summed E-state index contributed by atoms with van der Waals surface area (Å²) in [6.07, 6.45) is 1.50. The molecule has 0 atom stereocenters. The summed E-state index contributed by atoms with van der Waals surface area (Å²) in [5.41, 5.74) is 2.15. The molecule has 0 aliphatic rings. The van der Waals surface area contributed by atoms with E-state index in [-0.39, 0.29) is 4.90 Å². The smallest absolute Gasteiger partial charge is 0.261 e. The number of aromatic nitrogens is 1. The van der Waals surface area contributed by atoms with Crippen LogP contribution in [0.4, 0.5) is 5.69 Å². The highest BCUT2D eigenvalue weighted by Crippen LogP contribution is 2.21. The van der Waals surface area contributed by atoms with Gasteiger partial charge in [0.1, 0.15) is 0 Å². The van der Waals surface area contributed by atoms with Crippen LogP contribution < -0.4 is 4.72 Å². The van der Waals surface area contributed by atoms with E-state index in [1.165, 1.54) is 6.20 Å². The summed E-state index contributed by atoms with van der Waals surface area (Å²) >= 11 is 3.35. The van der Waals surface area contributed by atoms with Gasteiger partial charge in [-0.15, -0.1) is 0 Å². The molecule has 0 bridgehead atoms. The molecule has 1 N–H and O–H groups in total. The van der Waals surface area contributed by atoms with Gasteiger partial charge in [-0.2, -0.15) is 0 Å². The number of hydrogen-bond acceptors (Lipinski definition) is 3. The minimum atomic E-state index is -3.58. The van der Waals surface area contributed by atoms with Crippen molar-refractivity contribution in [1.82, 2.24) is 4.98 Å². The summed E-state index contributed by atoms with van der Waals surface area (Å²) in [5.74, 6) is 0. The molecule has 19 heavy (non-hydrogen) atoms. The Balaban J connectivity index is 2.32. The van der Waals surface area contributed by atoms with Gasteiger partial charge in [0, 0.05) is 10.2 Å². The Kier molecular flexibility index (Phi) is 3.91. The molecule has 1 aromatic heterocycles. The van der Waals surface area contributed by atoms with Gasteiger partial charge in [-0.25, -0.2) is 8.42 Å². The van der Waals surface area contributed by atoms with E-state index in [9.17, 15) is 8.42 Å². The number of halogens is 1. The molecule has 0 amide bonds. The summed E-state index contributed by atoms with van der Waals surface area (Å²) < 4.78 is 27.8. The first-order valence-corrected chi connectivity index (χ1v) is 7.88. The van der Waals surface area contributed by atoms with Crippen molar-refractivity contribution in [2.45, 2.75) is 18.7 Å². The van der Waals surface area contributed by atoms with Crippen LogP contribution in [0.25, 0.3) is 0 Å². The molecule has 4 nitrogen and oxygen atoms in total. The molecule has 2 aromatic rings. The van der Waals surface area contributed by atoms with Crippen LogP contribution in [0.3, 0.4) is 0 Å². The first-order valence-electron chi connectivity index (χ1n) is 5.60. The van der Waals surface area contributed by atoms with Crippen LogP contribution in [0.2, 0.25) is 0 Å². The van der Waals surface area contributed by atoms with Gasteiger partial charge in [-0.3, -0.25) is 9.71 Å². The van der Waals surface area contributed by atoms with Crippen molar-refractivity contribution >= 4 is 31.6 Å². The number of anilines is 1. The predicted molar refractivity (Wildman–Crippen MR) is 78.7 cm³/mol. The normalized spacial score (nSPS) is 11.3. The molecule has 6 heteroatoms. The Morgan fingerprint density at radius 3 is 2.47 bits per heavy atom. The SMILES string of the molecule is Cc1ccc(NS(=O)(=O)c2ccc(Br)c(C)c2)cn1. The Hall–Kier alpha value is -1.40. The quantitative estimate of drug-likeness (QED) is 0.932. The van der Waals surface area contributed by atoms with E-state index in [2.05, 4.69) is 25.6 Å². The average molecular weight is 341 g/mol. The number of nitrogens with one attached hydrogen (secondary N) is 1. The van der Waals surface area contributed by atoms with E-state index in [0.717, 1.165) is 15.7 Å². The van der Waals surface area contributed by atoms with Gasteiger partial charge < -0.3 is 0 Å². The molecule has 0 saturated carbocycles. The maximum Gasteiger partial charge on any atom is 0.261 e. The molecule has 0 spiro atoms. The zero-order valence-corrected chi connectivity index (χ0v) is 12.9. The minimum absolute atomic E-state index is 0.230. The van der Waals surface area contributed by atoms with Crippen molar-refractivity contribution in [1.29, 1.82) is 0 Å². The number of aryl methyl sites for hydroxylation is 2. The second-order valence-electron chi connectivity index (χ2n) is 4.20. The van der Waals surface area contributed by atoms with E-state index >= 15 is 0 Å². The van der Waals surface area contributed by atoms with E-state index in [0.29, 0.717) is 5.69 Å². The average Bonchev–Trinajstić information content (AvgIpc) is 2.35. The van der Waals surface area contributed by atoms with Crippen LogP contribution >= 0.6 is 15.9 Å². The molecule has 1 heterocycles. The minimum Gasteiger partial charge on any atom is -0.278 e. The van der Waals surface area contributed by atoms with Crippen molar-refractivity contribution in [3.8, 4) is 0 Å². The molecule has 1 aromatic carbocycles. The lowest BCUT2D eigenvalue weighted by molar-refractivity contribution is 0.601.